The number of rotatable bonds is 5. The van der Waals surface area contributed by atoms with E-state index in [1.807, 2.05) is 0 Å². The summed E-state index contributed by atoms with van der Waals surface area (Å²) in [6.45, 7) is 0.510. The van der Waals surface area contributed by atoms with Crippen LogP contribution in [0.4, 0.5) is 0 Å². The maximum Gasteiger partial charge on any atom is 0.216 e. The third kappa shape index (κ3) is 5.11. The first-order chi connectivity index (χ1) is 9.89. The maximum atomic E-state index is 12.3. The summed E-state index contributed by atoms with van der Waals surface area (Å²) in [5.41, 5.74) is 6.32. The van der Waals surface area contributed by atoms with E-state index in [0.717, 1.165) is 25.7 Å². The minimum Gasteiger partial charge on any atom is -0.330 e. The van der Waals surface area contributed by atoms with Crippen LogP contribution in [0.2, 0.25) is 10.0 Å². The molecule has 0 aliphatic heterocycles. The molecule has 4 nitrogen and oxygen atoms in total. The van der Waals surface area contributed by atoms with Crippen LogP contribution in [0.15, 0.2) is 18.2 Å². The molecule has 2 atom stereocenters. The summed E-state index contributed by atoms with van der Waals surface area (Å²) in [7, 11) is -3.43. The van der Waals surface area contributed by atoms with Gasteiger partial charge in [0.2, 0.25) is 10.0 Å². The monoisotopic (exact) mass is 350 g/mol. The predicted molar refractivity (Wildman–Crippen MR) is 87.0 cm³/mol. The number of nitrogens with one attached hydrogen (secondary N) is 1. The Kier molecular flexibility index (Phi) is 5.91. The van der Waals surface area contributed by atoms with Crippen molar-refractivity contribution in [3.05, 3.63) is 33.8 Å². The SMILES string of the molecule is NCC1CCCCC1NS(=O)(=O)Cc1cc(Cl)cc(Cl)c1. The summed E-state index contributed by atoms with van der Waals surface area (Å²) in [5.74, 6) is 0.0950. The van der Waals surface area contributed by atoms with Crippen molar-refractivity contribution in [1.82, 2.24) is 4.72 Å². The number of nitrogens with two attached hydrogens (primary N) is 1. The number of hydrogen-bond donors (Lipinski definition) is 2. The van der Waals surface area contributed by atoms with Gasteiger partial charge in [-0.15, -0.1) is 0 Å². The van der Waals surface area contributed by atoms with Gasteiger partial charge in [0.1, 0.15) is 0 Å². The Morgan fingerprint density at radius 3 is 2.38 bits per heavy atom. The van der Waals surface area contributed by atoms with Gasteiger partial charge in [0.05, 0.1) is 5.75 Å². The van der Waals surface area contributed by atoms with Crippen molar-refractivity contribution >= 4 is 33.2 Å². The van der Waals surface area contributed by atoms with E-state index in [0.29, 0.717) is 22.2 Å². The van der Waals surface area contributed by atoms with E-state index in [1.54, 1.807) is 18.2 Å². The Balaban J connectivity index is 2.07. The van der Waals surface area contributed by atoms with Gasteiger partial charge in [-0.3, -0.25) is 0 Å². The van der Waals surface area contributed by atoms with Crippen LogP contribution in [-0.2, 0) is 15.8 Å². The second-order valence-corrected chi connectivity index (χ2v) is 8.17. The van der Waals surface area contributed by atoms with Crippen molar-refractivity contribution in [3.63, 3.8) is 0 Å². The van der Waals surface area contributed by atoms with Crippen molar-refractivity contribution in [2.45, 2.75) is 37.5 Å². The van der Waals surface area contributed by atoms with Crippen molar-refractivity contribution < 1.29 is 8.42 Å². The minimum atomic E-state index is -3.43. The second kappa shape index (κ2) is 7.29. The molecule has 0 spiro atoms. The highest BCUT2D eigenvalue weighted by Crippen LogP contribution is 2.25. The smallest absolute Gasteiger partial charge is 0.216 e. The Labute approximate surface area is 136 Å². The highest BCUT2D eigenvalue weighted by Gasteiger charge is 2.27. The van der Waals surface area contributed by atoms with Gasteiger partial charge in [0.25, 0.3) is 0 Å². The third-order valence-electron chi connectivity index (χ3n) is 3.82. The van der Waals surface area contributed by atoms with Gasteiger partial charge >= 0.3 is 0 Å². The predicted octanol–water partition coefficient (Wildman–Crippen LogP) is 2.93. The van der Waals surface area contributed by atoms with Crippen molar-refractivity contribution in [3.8, 4) is 0 Å². The Bertz CT molecular complexity index is 572. The molecule has 2 rings (SSSR count). The van der Waals surface area contributed by atoms with Crippen LogP contribution < -0.4 is 10.5 Å². The fourth-order valence-electron chi connectivity index (χ4n) is 2.83. The first kappa shape index (κ1) is 17.0. The molecule has 0 aromatic heterocycles. The molecule has 1 saturated carbocycles. The summed E-state index contributed by atoms with van der Waals surface area (Å²) in [6.07, 6.45) is 3.97. The van der Waals surface area contributed by atoms with Gasteiger partial charge in [-0.25, -0.2) is 13.1 Å². The molecule has 1 aromatic carbocycles. The highest BCUT2D eigenvalue weighted by molar-refractivity contribution is 7.88. The molecule has 21 heavy (non-hydrogen) atoms. The van der Waals surface area contributed by atoms with Crippen molar-refractivity contribution in [2.75, 3.05) is 6.54 Å². The summed E-state index contributed by atoms with van der Waals surface area (Å²) in [5, 5.41) is 0.871. The molecule has 1 aromatic rings. The van der Waals surface area contributed by atoms with E-state index < -0.39 is 10.0 Å². The van der Waals surface area contributed by atoms with Crippen molar-refractivity contribution in [2.24, 2.45) is 11.7 Å². The quantitative estimate of drug-likeness (QED) is 0.857. The number of halogens is 2. The fourth-order valence-corrected chi connectivity index (χ4v) is 4.86. The molecule has 2 unspecified atom stereocenters. The molecule has 118 valence electrons. The first-order valence-corrected chi connectivity index (χ1v) is 9.45. The first-order valence-electron chi connectivity index (χ1n) is 7.04. The summed E-state index contributed by atoms with van der Waals surface area (Å²) < 4.78 is 27.4. The maximum absolute atomic E-state index is 12.3. The molecular weight excluding hydrogens is 331 g/mol. The van der Waals surface area contributed by atoms with Gasteiger partial charge in [0, 0.05) is 16.1 Å². The van der Waals surface area contributed by atoms with E-state index in [9.17, 15) is 8.42 Å². The molecule has 1 aliphatic carbocycles. The van der Waals surface area contributed by atoms with Crippen LogP contribution in [0.1, 0.15) is 31.2 Å². The van der Waals surface area contributed by atoms with Crippen LogP contribution in [0.5, 0.6) is 0 Å². The van der Waals surface area contributed by atoms with Gasteiger partial charge in [-0.2, -0.15) is 0 Å². The third-order valence-corrected chi connectivity index (χ3v) is 5.63. The molecule has 7 heteroatoms. The Morgan fingerprint density at radius 1 is 1.14 bits per heavy atom. The molecule has 0 radical (unpaired) electrons. The molecule has 0 bridgehead atoms. The molecule has 3 N–H and O–H groups in total. The van der Waals surface area contributed by atoms with Crippen LogP contribution in [0.25, 0.3) is 0 Å². The average molecular weight is 351 g/mol. The summed E-state index contributed by atoms with van der Waals surface area (Å²) >= 11 is 11.8. The molecule has 0 heterocycles. The fraction of sp³-hybridized carbons (Fsp3) is 0.571. The largest absolute Gasteiger partial charge is 0.330 e. The van der Waals surface area contributed by atoms with Crippen LogP contribution >= 0.6 is 23.2 Å². The molecule has 1 aliphatic rings. The zero-order valence-corrected chi connectivity index (χ0v) is 14.0. The Morgan fingerprint density at radius 2 is 1.76 bits per heavy atom. The lowest BCUT2D eigenvalue weighted by Crippen LogP contribution is -2.45. The van der Waals surface area contributed by atoms with Gasteiger partial charge in [-0.05, 0) is 49.1 Å². The normalized spacial score (nSPS) is 23.2. The van der Waals surface area contributed by atoms with E-state index >= 15 is 0 Å². The summed E-state index contributed by atoms with van der Waals surface area (Å²) in [4.78, 5) is 0. The zero-order chi connectivity index (χ0) is 15.5. The summed E-state index contributed by atoms with van der Waals surface area (Å²) in [6, 6.07) is 4.75. The van der Waals surface area contributed by atoms with Crippen LogP contribution in [0.3, 0.4) is 0 Å². The van der Waals surface area contributed by atoms with Crippen LogP contribution in [0, 0.1) is 5.92 Å². The van der Waals surface area contributed by atoms with Gasteiger partial charge < -0.3 is 5.73 Å². The van der Waals surface area contributed by atoms with Crippen LogP contribution in [-0.4, -0.2) is 21.0 Å². The molecule has 0 saturated heterocycles. The highest BCUT2D eigenvalue weighted by atomic mass is 35.5. The van der Waals surface area contributed by atoms with E-state index in [4.69, 9.17) is 28.9 Å². The minimum absolute atomic E-state index is 0.0663. The number of sulfonamides is 1. The standard InChI is InChI=1S/C14H20Cl2N2O2S/c15-12-5-10(6-13(16)7-12)9-21(19,20)18-14-4-2-1-3-11(14)8-17/h5-7,11,14,18H,1-4,8-9,17H2. The lowest BCUT2D eigenvalue weighted by molar-refractivity contribution is 0.296. The zero-order valence-electron chi connectivity index (χ0n) is 11.7. The molecule has 1 fully saturated rings. The second-order valence-electron chi connectivity index (χ2n) is 5.54. The molecular formula is C14H20Cl2N2O2S. The van der Waals surface area contributed by atoms with Gasteiger partial charge in [-0.1, -0.05) is 36.0 Å². The lowest BCUT2D eigenvalue weighted by atomic mass is 9.85. The van der Waals surface area contributed by atoms with E-state index in [2.05, 4.69) is 4.72 Å². The van der Waals surface area contributed by atoms with Crippen molar-refractivity contribution in [1.29, 1.82) is 0 Å². The van der Waals surface area contributed by atoms with Gasteiger partial charge in [0.15, 0.2) is 0 Å². The number of hydrogen-bond acceptors (Lipinski definition) is 3. The van der Waals surface area contributed by atoms with E-state index in [-0.39, 0.29) is 17.7 Å². The lowest BCUT2D eigenvalue weighted by Gasteiger charge is -2.31. The molecule has 0 amide bonds. The average Bonchev–Trinajstić information content (AvgIpc) is 2.36. The van der Waals surface area contributed by atoms with E-state index in [1.165, 1.54) is 0 Å². The topological polar surface area (TPSA) is 72.2 Å². The number of benzene rings is 1. The Hall–Kier alpha value is -0.330.